The van der Waals surface area contributed by atoms with Crippen LogP contribution in [0.25, 0.3) is 0 Å². The van der Waals surface area contributed by atoms with Gasteiger partial charge in [0.1, 0.15) is 0 Å². The van der Waals surface area contributed by atoms with E-state index in [0.717, 1.165) is 24.2 Å². The second-order valence-corrected chi connectivity index (χ2v) is 4.87. The van der Waals surface area contributed by atoms with Crippen molar-refractivity contribution >= 4 is 23.1 Å². The van der Waals surface area contributed by atoms with Gasteiger partial charge in [0, 0.05) is 29.4 Å². The summed E-state index contributed by atoms with van der Waals surface area (Å²) < 4.78 is 0. The van der Waals surface area contributed by atoms with Crippen molar-refractivity contribution in [2.24, 2.45) is 0 Å². The first-order valence-electron chi connectivity index (χ1n) is 5.68. The van der Waals surface area contributed by atoms with Crippen LogP contribution in [0.15, 0.2) is 17.6 Å². The first-order chi connectivity index (χ1) is 8.65. The van der Waals surface area contributed by atoms with E-state index in [1.54, 1.807) is 6.20 Å². The highest BCUT2D eigenvalue weighted by molar-refractivity contribution is 7.11. The van der Waals surface area contributed by atoms with Crippen molar-refractivity contribution in [2.45, 2.75) is 26.2 Å². The van der Waals surface area contributed by atoms with Gasteiger partial charge in [0.25, 0.3) is 0 Å². The Morgan fingerprint density at radius 3 is 2.94 bits per heavy atom. The molecule has 0 aliphatic heterocycles. The zero-order valence-electron chi connectivity index (χ0n) is 10.1. The summed E-state index contributed by atoms with van der Waals surface area (Å²) in [6, 6.07) is 1.89. The van der Waals surface area contributed by atoms with E-state index in [2.05, 4.69) is 15.0 Å². The Labute approximate surface area is 109 Å². The Morgan fingerprint density at radius 2 is 2.28 bits per heavy atom. The van der Waals surface area contributed by atoms with E-state index in [4.69, 9.17) is 5.73 Å². The number of nitrogen functional groups attached to an aromatic ring is 1. The zero-order chi connectivity index (χ0) is 13.0. The van der Waals surface area contributed by atoms with Crippen molar-refractivity contribution in [2.75, 3.05) is 5.73 Å². The Morgan fingerprint density at radius 1 is 1.44 bits per heavy atom. The normalized spacial score (nSPS) is 10.5. The Balaban J connectivity index is 1.87. The molecule has 94 valence electrons. The third kappa shape index (κ3) is 3.33. The van der Waals surface area contributed by atoms with Crippen LogP contribution in [0.2, 0.25) is 0 Å². The number of ketones is 1. The van der Waals surface area contributed by atoms with Gasteiger partial charge in [-0.25, -0.2) is 15.0 Å². The molecule has 2 aromatic heterocycles. The summed E-state index contributed by atoms with van der Waals surface area (Å²) in [4.78, 5) is 23.9. The van der Waals surface area contributed by atoms with Gasteiger partial charge < -0.3 is 5.73 Å². The van der Waals surface area contributed by atoms with Crippen molar-refractivity contribution in [3.05, 3.63) is 34.0 Å². The molecule has 0 amide bonds. The topological polar surface area (TPSA) is 81.8 Å². The van der Waals surface area contributed by atoms with E-state index >= 15 is 0 Å². The molecule has 0 saturated carbocycles. The van der Waals surface area contributed by atoms with Gasteiger partial charge in [0.2, 0.25) is 5.95 Å². The van der Waals surface area contributed by atoms with Crippen LogP contribution < -0.4 is 5.73 Å². The molecule has 5 nitrogen and oxygen atoms in total. The van der Waals surface area contributed by atoms with E-state index in [-0.39, 0.29) is 11.7 Å². The van der Waals surface area contributed by atoms with Crippen LogP contribution in [0, 0.1) is 6.92 Å². The molecule has 0 atom stereocenters. The number of rotatable bonds is 5. The average molecular weight is 262 g/mol. The van der Waals surface area contributed by atoms with Gasteiger partial charge in [-0.15, -0.1) is 11.3 Å². The molecule has 0 aromatic carbocycles. The van der Waals surface area contributed by atoms with Crippen molar-refractivity contribution in [3.63, 3.8) is 0 Å². The fourth-order valence-electron chi connectivity index (χ4n) is 1.68. The molecule has 6 heteroatoms. The number of nitrogens with two attached hydrogens (primary N) is 1. The Hall–Kier alpha value is -1.82. The van der Waals surface area contributed by atoms with Crippen LogP contribution in [-0.4, -0.2) is 20.7 Å². The quantitative estimate of drug-likeness (QED) is 0.834. The Kier molecular flexibility index (Phi) is 3.99. The van der Waals surface area contributed by atoms with E-state index in [1.807, 2.05) is 18.4 Å². The molecule has 0 radical (unpaired) electrons. The monoisotopic (exact) mass is 262 g/mol. The van der Waals surface area contributed by atoms with Gasteiger partial charge in [-0.2, -0.15) is 0 Å². The van der Waals surface area contributed by atoms with E-state index in [1.165, 1.54) is 11.3 Å². The fraction of sp³-hybridized carbons (Fsp3) is 0.333. The van der Waals surface area contributed by atoms with Gasteiger partial charge in [0.05, 0.1) is 0 Å². The molecule has 2 N–H and O–H groups in total. The first kappa shape index (κ1) is 12.6. The predicted octanol–water partition coefficient (Wildman–Crippen LogP) is 2.03. The van der Waals surface area contributed by atoms with Gasteiger partial charge in [-0.3, -0.25) is 4.79 Å². The summed E-state index contributed by atoms with van der Waals surface area (Å²) in [5.41, 5.74) is 7.30. The molecule has 0 aliphatic rings. The summed E-state index contributed by atoms with van der Waals surface area (Å²) in [5.74, 6) is 0.375. The Bertz CT molecular complexity index is 519. The third-order valence-electron chi connectivity index (χ3n) is 2.43. The highest BCUT2D eigenvalue weighted by Gasteiger charge is 2.08. The van der Waals surface area contributed by atoms with Crippen LogP contribution >= 0.6 is 11.3 Å². The smallest absolute Gasteiger partial charge is 0.220 e. The van der Waals surface area contributed by atoms with Crippen LogP contribution in [0.5, 0.6) is 0 Å². The van der Waals surface area contributed by atoms with Crippen LogP contribution in [-0.2, 0) is 6.42 Å². The average Bonchev–Trinajstić information content (AvgIpc) is 2.80. The lowest BCUT2D eigenvalue weighted by molar-refractivity contribution is 0.0980. The summed E-state index contributed by atoms with van der Waals surface area (Å²) in [7, 11) is 0. The van der Waals surface area contributed by atoms with Crippen molar-refractivity contribution in [1.29, 1.82) is 0 Å². The van der Waals surface area contributed by atoms with E-state index in [9.17, 15) is 4.79 Å². The minimum atomic E-state index is 0.0868. The molecular formula is C12H14N4OS. The molecule has 18 heavy (non-hydrogen) atoms. The lowest BCUT2D eigenvalue weighted by Crippen LogP contribution is -2.03. The van der Waals surface area contributed by atoms with Gasteiger partial charge in [-0.1, -0.05) is 0 Å². The maximum atomic E-state index is 11.7. The first-order valence-corrected chi connectivity index (χ1v) is 6.56. The van der Waals surface area contributed by atoms with Gasteiger partial charge in [-0.05, 0) is 25.8 Å². The SMILES string of the molecule is Cc1cc(CCCC(=O)c2nccs2)nc(N)n1. The van der Waals surface area contributed by atoms with Gasteiger partial charge in [0.15, 0.2) is 10.8 Å². The summed E-state index contributed by atoms with van der Waals surface area (Å²) in [6.45, 7) is 1.88. The third-order valence-corrected chi connectivity index (χ3v) is 3.25. The molecule has 0 bridgehead atoms. The lowest BCUT2D eigenvalue weighted by Gasteiger charge is -2.02. The van der Waals surface area contributed by atoms with E-state index < -0.39 is 0 Å². The van der Waals surface area contributed by atoms with Crippen LogP contribution in [0.3, 0.4) is 0 Å². The van der Waals surface area contributed by atoms with Gasteiger partial charge >= 0.3 is 0 Å². The summed E-state index contributed by atoms with van der Waals surface area (Å²) in [6.07, 6.45) is 3.60. The van der Waals surface area contributed by atoms with Crippen LogP contribution in [0.1, 0.15) is 34.0 Å². The number of thiazole rings is 1. The molecule has 0 saturated heterocycles. The number of carbonyl (C=O) groups excluding carboxylic acids is 1. The van der Waals surface area contributed by atoms with Crippen molar-refractivity contribution < 1.29 is 4.79 Å². The number of aryl methyl sites for hydroxylation is 2. The number of Topliss-reactive ketones (excluding diaryl/α,β-unsaturated/α-hetero) is 1. The molecular weight excluding hydrogens is 248 g/mol. The fourth-order valence-corrected chi connectivity index (χ4v) is 2.29. The molecule has 0 aliphatic carbocycles. The van der Waals surface area contributed by atoms with Crippen LogP contribution in [0.4, 0.5) is 5.95 Å². The minimum absolute atomic E-state index is 0.0868. The highest BCUT2D eigenvalue weighted by Crippen LogP contribution is 2.11. The second kappa shape index (κ2) is 5.68. The number of nitrogens with zero attached hydrogens (tertiary/aromatic N) is 3. The maximum Gasteiger partial charge on any atom is 0.220 e. The molecule has 0 unspecified atom stereocenters. The molecule has 0 spiro atoms. The number of anilines is 1. The van der Waals surface area contributed by atoms with Crippen molar-refractivity contribution in [3.8, 4) is 0 Å². The van der Waals surface area contributed by atoms with E-state index in [0.29, 0.717) is 11.4 Å². The highest BCUT2D eigenvalue weighted by atomic mass is 32.1. The number of hydrogen-bond acceptors (Lipinski definition) is 6. The molecule has 0 fully saturated rings. The molecule has 2 rings (SSSR count). The largest absolute Gasteiger partial charge is 0.368 e. The number of hydrogen-bond donors (Lipinski definition) is 1. The minimum Gasteiger partial charge on any atom is -0.368 e. The number of carbonyl (C=O) groups is 1. The summed E-state index contributed by atoms with van der Waals surface area (Å²) in [5, 5.41) is 2.38. The lowest BCUT2D eigenvalue weighted by atomic mass is 10.1. The second-order valence-electron chi connectivity index (χ2n) is 3.97. The van der Waals surface area contributed by atoms with Crippen molar-refractivity contribution in [1.82, 2.24) is 15.0 Å². The molecule has 2 aromatic rings. The predicted molar refractivity (Wildman–Crippen MR) is 70.6 cm³/mol. The zero-order valence-corrected chi connectivity index (χ0v) is 10.9. The maximum absolute atomic E-state index is 11.7. The number of aromatic nitrogens is 3. The molecule has 2 heterocycles. The standard InChI is InChI=1S/C12H14N4OS/c1-8-7-9(16-12(13)15-8)3-2-4-10(17)11-14-5-6-18-11/h5-7H,2-4H2,1H3,(H2,13,15,16). The summed E-state index contributed by atoms with van der Waals surface area (Å²) >= 11 is 1.38.